The number of benzene rings is 2. The Hall–Kier alpha value is -2.36. The number of primary sulfonamides is 1. The lowest BCUT2D eigenvalue weighted by Crippen LogP contribution is -2.29. The summed E-state index contributed by atoms with van der Waals surface area (Å²) in [5.41, 5.74) is 2.70. The molecule has 148 valence electrons. The number of para-hydroxylation sites is 1. The third kappa shape index (κ3) is 5.34. The molecule has 0 radical (unpaired) electrons. The molecule has 2 aromatic rings. The van der Waals surface area contributed by atoms with Gasteiger partial charge in [-0.1, -0.05) is 30.3 Å². The molecule has 1 heterocycles. The largest absolute Gasteiger partial charge is 0.351 e. The van der Waals surface area contributed by atoms with Gasteiger partial charge in [0.25, 0.3) is 0 Å². The minimum atomic E-state index is -3.73. The predicted octanol–water partition coefficient (Wildman–Crippen LogP) is 1.64. The van der Waals surface area contributed by atoms with E-state index in [1.165, 1.54) is 23.9 Å². The van der Waals surface area contributed by atoms with Gasteiger partial charge in [-0.3, -0.25) is 9.59 Å². The van der Waals surface area contributed by atoms with Crippen LogP contribution in [0.1, 0.15) is 17.5 Å². The van der Waals surface area contributed by atoms with Gasteiger partial charge in [0.05, 0.1) is 15.9 Å². The number of amides is 2. The van der Waals surface area contributed by atoms with E-state index in [0.717, 1.165) is 23.2 Å². The van der Waals surface area contributed by atoms with E-state index in [1.54, 1.807) is 12.1 Å². The monoisotopic (exact) mass is 419 g/mol. The van der Waals surface area contributed by atoms with E-state index in [0.29, 0.717) is 6.42 Å². The Bertz CT molecular complexity index is 975. The number of carbonyl (C=O) groups is 2. The van der Waals surface area contributed by atoms with E-state index >= 15 is 0 Å². The Morgan fingerprint density at radius 2 is 1.89 bits per heavy atom. The van der Waals surface area contributed by atoms with Gasteiger partial charge in [-0.15, -0.1) is 11.8 Å². The maximum absolute atomic E-state index is 12.4. The Morgan fingerprint density at radius 3 is 2.61 bits per heavy atom. The number of hydrogen-bond donors (Lipinski definition) is 3. The van der Waals surface area contributed by atoms with Crippen LogP contribution in [0, 0.1) is 0 Å². The maximum atomic E-state index is 12.4. The van der Waals surface area contributed by atoms with Gasteiger partial charge in [-0.05, 0) is 42.2 Å². The first-order chi connectivity index (χ1) is 13.3. The lowest BCUT2D eigenvalue weighted by atomic mass is 10.1. The molecule has 9 heteroatoms. The number of rotatable bonds is 6. The van der Waals surface area contributed by atoms with Crippen LogP contribution in [-0.2, 0) is 32.6 Å². The molecule has 0 spiro atoms. The molecule has 4 N–H and O–H groups in total. The number of carbonyl (C=O) groups excluding carboxylic acids is 2. The summed E-state index contributed by atoms with van der Waals surface area (Å²) in [5.74, 6) is -0.0969. The second-order valence-corrected chi connectivity index (χ2v) is 9.20. The van der Waals surface area contributed by atoms with Crippen LogP contribution in [0.3, 0.4) is 0 Å². The molecule has 0 saturated carbocycles. The molecule has 28 heavy (non-hydrogen) atoms. The van der Waals surface area contributed by atoms with Gasteiger partial charge in [0.15, 0.2) is 0 Å². The molecule has 0 aliphatic carbocycles. The Morgan fingerprint density at radius 1 is 1.18 bits per heavy atom. The van der Waals surface area contributed by atoms with Crippen molar-refractivity contribution in [2.75, 3.05) is 11.1 Å². The Balaban J connectivity index is 1.47. The van der Waals surface area contributed by atoms with Crippen molar-refractivity contribution in [3.63, 3.8) is 0 Å². The average Bonchev–Trinajstić information content (AvgIpc) is 2.82. The molecule has 1 aliphatic rings. The fraction of sp³-hybridized carbons (Fsp3) is 0.263. The molecule has 0 bridgehead atoms. The third-order valence-electron chi connectivity index (χ3n) is 4.40. The maximum Gasteiger partial charge on any atom is 0.238 e. The molecule has 0 saturated heterocycles. The topological polar surface area (TPSA) is 118 Å². The van der Waals surface area contributed by atoms with Crippen molar-refractivity contribution in [1.29, 1.82) is 0 Å². The fourth-order valence-corrected chi connectivity index (χ4v) is 4.34. The highest BCUT2D eigenvalue weighted by Crippen LogP contribution is 2.27. The Labute approximate surface area is 168 Å². The smallest absolute Gasteiger partial charge is 0.238 e. The second-order valence-electron chi connectivity index (χ2n) is 6.45. The zero-order valence-electron chi connectivity index (χ0n) is 15.1. The normalized spacial score (nSPS) is 16.6. The van der Waals surface area contributed by atoms with Crippen LogP contribution >= 0.6 is 11.8 Å². The molecule has 7 nitrogen and oxygen atoms in total. The van der Waals surface area contributed by atoms with Gasteiger partial charge in [0.1, 0.15) is 0 Å². The van der Waals surface area contributed by atoms with Crippen LogP contribution in [0.5, 0.6) is 0 Å². The van der Waals surface area contributed by atoms with E-state index in [9.17, 15) is 18.0 Å². The number of anilines is 1. The fourth-order valence-electron chi connectivity index (χ4n) is 2.88. The molecular formula is C19H21N3O4S2. The van der Waals surface area contributed by atoms with Crippen molar-refractivity contribution >= 4 is 39.3 Å². The van der Waals surface area contributed by atoms with Crippen molar-refractivity contribution in [2.24, 2.45) is 5.14 Å². The van der Waals surface area contributed by atoms with Gasteiger partial charge >= 0.3 is 0 Å². The summed E-state index contributed by atoms with van der Waals surface area (Å²) < 4.78 is 22.5. The van der Waals surface area contributed by atoms with Crippen LogP contribution in [0.25, 0.3) is 0 Å². The van der Waals surface area contributed by atoms with Gasteiger partial charge in [-0.25, -0.2) is 13.6 Å². The van der Waals surface area contributed by atoms with E-state index in [2.05, 4.69) is 10.6 Å². The van der Waals surface area contributed by atoms with Crippen LogP contribution in [-0.4, -0.2) is 31.2 Å². The highest BCUT2D eigenvalue weighted by atomic mass is 32.2. The summed E-state index contributed by atoms with van der Waals surface area (Å²) in [6, 6.07) is 13.7. The van der Waals surface area contributed by atoms with Gasteiger partial charge in [0, 0.05) is 12.2 Å². The average molecular weight is 420 g/mol. The minimum Gasteiger partial charge on any atom is -0.351 e. The number of nitrogens with one attached hydrogen (secondary N) is 2. The first-order valence-corrected chi connectivity index (χ1v) is 11.3. The van der Waals surface area contributed by atoms with Crippen LogP contribution in [0.2, 0.25) is 0 Å². The number of aryl methyl sites for hydroxylation is 1. The molecule has 2 aromatic carbocycles. The summed E-state index contributed by atoms with van der Waals surface area (Å²) in [4.78, 5) is 24.5. The van der Waals surface area contributed by atoms with Gasteiger partial charge in [0.2, 0.25) is 21.8 Å². The summed E-state index contributed by atoms with van der Waals surface area (Å²) in [7, 11) is -3.73. The van der Waals surface area contributed by atoms with E-state index in [1.807, 2.05) is 24.3 Å². The first kappa shape index (κ1) is 20.4. The molecule has 0 aromatic heterocycles. The molecule has 1 atom stereocenters. The van der Waals surface area contributed by atoms with Crippen molar-refractivity contribution < 1.29 is 18.0 Å². The summed E-state index contributed by atoms with van der Waals surface area (Å²) in [6.45, 7) is 0.270. The quantitative estimate of drug-likeness (QED) is 0.658. The molecule has 2 amide bonds. The third-order valence-corrected chi connectivity index (χ3v) is 6.61. The lowest BCUT2D eigenvalue weighted by Gasteiger charge is -2.13. The SMILES string of the molecule is NS(=O)(=O)c1ccc(CNC(=O)CSC2CCc3ccccc3NC2=O)cc1. The molecular weight excluding hydrogens is 398 g/mol. The van der Waals surface area contributed by atoms with Crippen LogP contribution in [0.15, 0.2) is 53.4 Å². The van der Waals surface area contributed by atoms with Gasteiger partial charge in [-0.2, -0.15) is 0 Å². The molecule has 1 aliphatic heterocycles. The molecule has 3 rings (SSSR count). The summed E-state index contributed by atoms with van der Waals surface area (Å²) in [6.07, 6.45) is 1.46. The summed E-state index contributed by atoms with van der Waals surface area (Å²) >= 11 is 1.32. The molecule has 0 fully saturated rings. The van der Waals surface area contributed by atoms with Crippen LogP contribution < -0.4 is 15.8 Å². The molecule has 1 unspecified atom stereocenters. The van der Waals surface area contributed by atoms with Crippen LogP contribution in [0.4, 0.5) is 5.69 Å². The standard InChI is InChI=1S/C19H21N3O4S2/c20-28(25,26)15-8-5-13(6-9-15)11-21-18(23)12-27-17-10-7-14-3-1-2-4-16(14)22-19(17)24/h1-6,8-9,17H,7,10-12H2,(H,21,23)(H,22,24)(H2,20,25,26). The van der Waals surface area contributed by atoms with Crippen molar-refractivity contribution in [2.45, 2.75) is 29.5 Å². The zero-order chi connectivity index (χ0) is 20.1. The van der Waals surface area contributed by atoms with Crippen molar-refractivity contribution in [3.05, 3.63) is 59.7 Å². The number of fused-ring (bicyclic) bond motifs is 1. The Kier molecular flexibility index (Phi) is 6.38. The van der Waals surface area contributed by atoms with E-state index in [4.69, 9.17) is 5.14 Å². The highest BCUT2D eigenvalue weighted by molar-refractivity contribution is 8.01. The number of sulfonamides is 1. The minimum absolute atomic E-state index is 0.0264. The zero-order valence-corrected chi connectivity index (χ0v) is 16.7. The van der Waals surface area contributed by atoms with Gasteiger partial charge < -0.3 is 10.6 Å². The highest BCUT2D eigenvalue weighted by Gasteiger charge is 2.24. The number of hydrogen-bond acceptors (Lipinski definition) is 5. The lowest BCUT2D eigenvalue weighted by molar-refractivity contribution is -0.118. The first-order valence-electron chi connectivity index (χ1n) is 8.72. The van der Waals surface area contributed by atoms with Crippen molar-refractivity contribution in [3.8, 4) is 0 Å². The summed E-state index contributed by atoms with van der Waals surface area (Å²) in [5, 5.41) is 10.5. The number of nitrogens with two attached hydrogens (primary N) is 1. The van der Waals surface area contributed by atoms with Crippen molar-refractivity contribution in [1.82, 2.24) is 5.32 Å². The number of thioether (sulfide) groups is 1. The van der Waals surface area contributed by atoms with E-state index < -0.39 is 10.0 Å². The predicted molar refractivity (Wildman–Crippen MR) is 109 cm³/mol. The second kappa shape index (κ2) is 8.76. The van der Waals surface area contributed by atoms with E-state index in [-0.39, 0.29) is 34.3 Å².